The summed E-state index contributed by atoms with van der Waals surface area (Å²) in [5.74, 6) is -1.16. The maximum Gasteiger partial charge on any atom is 0.261 e. The van der Waals surface area contributed by atoms with Gasteiger partial charge in [0.2, 0.25) is 0 Å². The van der Waals surface area contributed by atoms with Crippen LogP contribution in [0.3, 0.4) is 0 Å². The van der Waals surface area contributed by atoms with Crippen molar-refractivity contribution in [2.75, 3.05) is 17.7 Å². The van der Waals surface area contributed by atoms with E-state index in [4.69, 9.17) is 17.3 Å². The Morgan fingerprint density at radius 1 is 1.42 bits per heavy atom. The van der Waals surface area contributed by atoms with Crippen LogP contribution < -0.4 is 10.6 Å². The molecule has 98 valence electrons. The molecule has 1 aromatic heterocycles. The van der Waals surface area contributed by atoms with Gasteiger partial charge in [-0.25, -0.2) is 4.39 Å². The number of carbonyl (C=O) groups excluding carboxylic acids is 1. The molecular formula is C13H11ClFN3O. The second kappa shape index (κ2) is 5.24. The van der Waals surface area contributed by atoms with Crippen LogP contribution in [0.1, 0.15) is 10.4 Å². The normalized spacial score (nSPS) is 10.3. The van der Waals surface area contributed by atoms with Crippen molar-refractivity contribution in [3.63, 3.8) is 0 Å². The Labute approximate surface area is 114 Å². The first-order valence-corrected chi connectivity index (χ1v) is 5.81. The number of anilines is 2. The highest BCUT2D eigenvalue weighted by atomic mass is 35.5. The lowest BCUT2D eigenvalue weighted by Gasteiger charge is -2.19. The van der Waals surface area contributed by atoms with Gasteiger partial charge < -0.3 is 10.6 Å². The standard InChI is InChI=1S/C13H11ClFN3O/c1-18(12-4-5-17-7-11(12)16)13(19)9-6-8(14)2-3-10(9)15/h2-7H,16H2,1H3. The van der Waals surface area contributed by atoms with Crippen molar-refractivity contribution in [1.82, 2.24) is 4.98 Å². The fraction of sp³-hybridized carbons (Fsp3) is 0.0769. The molecule has 0 aliphatic rings. The van der Waals surface area contributed by atoms with E-state index in [2.05, 4.69) is 4.98 Å². The van der Waals surface area contributed by atoms with Crippen molar-refractivity contribution < 1.29 is 9.18 Å². The highest BCUT2D eigenvalue weighted by molar-refractivity contribution is 6.31. The Balaban J connectivity index is 2.39. The summed E-state index contributed by atoms with van der Waals surface area (Å²) in [5, 5.41) is 0.292. The third kappa shape index (κ3) is 2.66. The van der Waals surface area contributed by atoms with Gasteiger partial charge >= 0.3 is 0 Å². The number of amides is 1. The lowest BCUT2D eigenvalue weighted by Crippen LogP contribution is -2.28. The number of nitrogens with two attached hydrogens (primary N) is 1. The largest absolute Gasteiger partial charge is 0.396 e. The van der Waals surface area contributed by atoms with Crippen LogP contribution >= 0.6 is 11.6 Å². The van der Waals surface area contributed by atoms with E-state index in [1.165, 1.54) is 36.5 Å². The summed E-state index contributed by atoms with van der Waals surface area (Å²) in [6, 6.07) is 5.40. The van der Waals surface area contributed by atoms with Crippen molar-refractivity contribution in [3.05, 3.63) is 53.1 Å². The van der Waals surface area contributed by atoms with Crippen LogP contribution in [0, 0.1) is 5.82 Å². The number of rotatable bonds is 2. The molecule has 1 heterocycles. The SMILES string of the molecule is CN(C(=O)c1cc(Cl)ccc1F)c1ccncc1N. The predicted molar refractivity (Wildman–Crippen MR) is 72.8 cm³/mol. The Kier molecular flexibility index (Phi) is 3.66. The quantitative estimate of drug-likeness (QED) is 0.919. The zero-order valence-electron chi connectivity index (χ0n) is 10.1. The van der Waals surface area contributed by atoms with Gasteiger partial charge in [0.05, 0.1) is 23.1 Å². The molecule has 2 aromatic rings. The minimum absolute atomic E-state index is 0.105. The van der Waals surface area contributed by atoms with Gasteiger partial charge in [0, 0.05) is 18.3 Å². The van der Waals surface area contributed by atoms with Crippen molar-refractivity contribution in [2.45, 2.75) is 0 Å². The molecule has 1 aromatic carbocycles. The maximum atomic E-state index is 13.6. The lowest BCUT2D eigenvalue weighted by atomic mass is 10.1. The summed E-state index contributed by atoms with van der Waals surface area (Å²) >= 11 is 5.77. The number of halogens is 2. The smallest absolute Gasteiger partial charge is 0.261 e. The summed E-state index contributed by atoms with van der Waals surface area (Å²) in [6.45, 7) is 0. The van der Waals surface area contributed by atoms with E-state index in [-0.39, 0.29) is 5.56 Å². The summed E-state index contributed by atoms with van der Waals surface area (Å²) in [7, 11) is 1.51. The molecule has 0 bridgehead atoms. The Morgan fingerprint density at radius 2 is 2.16 bits per heavy atom. The Bertz CT molecular complexity index is 633. The molecule has 4 nitrogen and oxygen atoms in total. The third-order valence-electron chi connectivity index (χ3n) is 2.65. The van der Waals surface area contributed by atoms with Gasteiger partial charge in [-0.1, -0.05) is 11.6 Å². The van der Waals surface area contributed by atoms with E-state index in [0.717, 1.165) is 6.07 Å². The van der Waals surface area contributed by atoms with Gasteiger partial charge in [0.25, 0.3) is 5.91 Å². The van der Waals surface area contributed by atoms with Crippen LogP contribution in [0.5, 0.6) is 0 Å². The molecule has 0 fully saturated rings. The van der Waals surface area contributed by atoms with Gasteiger partial charge in [0.15, 0.2) is 0 Å². The second-order valence-corrected chi connectivity index (χ2v) is 4.36. The van der Waals surface area contributed by atoms with Crippen molar-refractivity contribution >= 4 is 28.9 Å². The molecule has 6 heteroatoms. The van der Waals surface area contributed by atoms with E-state index in [1.807, 2.05) is 0 Å². The van der Waals surface area contributed by atoms with E-state index in [0.29, 0.717) is 16.4 Å². The van der Waals surface area contributed by atoms with Gasteiger partial charge in [-0.05, 0) is 24.3 Å². The number of hydrogen-bond donors (Lipinski definition) is 1. The number of aromatic nitrogens is 1. The minimum atomic E-state index is -0.631. The monoisotopic (exact) mass is 279 g/mol. The van der Waals surface area contributed by atoms with Crippen LogP contribution in [-0.2, 0) is 0 Å². The fourth-order valence-corrected chi connectivity index (χ4v) is 1.83. The van der Waals surface area contributed by atoms with Gasteiger partial charge in [-0.15, -0.1) is 0 Å². The van der Waals surface area contributed by atoms with Gasteiger partial charge in [0.1, 0.15) is 5.82 Å². The van der Waals surface area contributed by atoms with E-state index in [9.17, 15) is 9.18 Å². The highest BCUT2D eigenvalue weighted by Gasteiger charge is 2.19. The summed E-state index contributed by atoms with van der Waals surface area (Å²) in [4.78, 5) is 17.3. The van der Waals surface area contributed by atoms with Crippen molar-refractivity contribution in [3.8, 4) is 0 Å². The summed E-state index contributed by atoms with van der Waals surface area (Å²) in [5.41, 5.74) is 6.42. The molecule has 0 aliphatic heterocycles. The molecule has 19 heavy (non-hydrogen) atoms. The number of nitrogen functional groups attached to an aromatic ring is 1. The summed E-state index contributed by atoms with van der Waals surface area (Å²) < 4.78 is 13.6. The fourth-order valence-electron chi connectivity index (χ4n) is 1.66. The molecule has 0 atom stereocenters. The van der Waals surface area contributed by atoms with Crippen LogP contribution in [0.25, 0.3) is 0 Å². The lowest BCUT2D eigenvalue weighted by molar-refractivity contribution is 0.0989. The molecule has 1 amide bonds. The molecule has 0 aliphatic carbocycles. The molecule has 0 saturated heterocycles. The van der Waals surface area contributed by atoms with Gasteiger partial charge in [-0.3, -0.25) is 9.78 Å². The van der Waals surface area contributed by atoms with Crippen LogP contribution in [0.15, 0.2) is 36.7 Å². The molecule has 2 rings (SSSR count). The van der Waals surface area contributed by atoms with Gasteiger partial charge in [-0.2, -0.15) is 0 Å². The topological polar surface area (TPSA) is 59.2 Å². The van der Waals surface area contributed by atoms with Crippen LogP contribution in [0.2, 0.25) is 5.02 Å². The molecule has 0 spiro atoms. The number of pyridine rings is 1. The average Bonchev–Trinajstić information content (AvgIpc) is 2.40. The summed E-state index contributed by atoms with van der Waals surface area (Å²) in [6.07, 6.45) is 2.93. The van der Waals surface area contributed by atoms with Crippen LogP contribution in [-0.4, -0.2) is 17.9 Å². The first-order chi connectivity index (χ1) is 9.00. The molecule has 0 saturated carbocycles. The van der Waals surface area contributed by atoms with E-state index >= 15 is 0 Å². The molecular weight excluding hydrogens is 269 g/mol. The highest BCUT2D eigenvalue weighted by Crippen LogP contribution is 2.23. The van der Waals surface area contributed by atoms with Crippen LogP contribution in [0.4, 0.5) is 15.8 Å². The molecule has 0 unspecified atom stereocenters. The Hall–Kier alpha value is -2.14. The predicted octanol–water partition coefficient (Wildman–Crippen LogP) is 2.73. The minimum Gasteiger partial charge on any atom is -0.396 e. The number of benzene rings is 1. The van der Waals surface area contributed by atoms with E-state index < -0.39 is 11.7 Å². The third-order valence-corrected chi connectivity index (χ3v) is 2.89. The first-order valence-electron chi connectivity index (χ1n) is 5.43. The first kappa shape index (κ1) is 13.3. The number of nitrogens with zero attached hydrogens (tertiary/aromatic N) is 2. The van der Waals surface area contributed by atoms with Crippen molar-refractivity contribution in [1.29, 1.82) is 0 Å². The van der Waals surface area contributed by atoms with E-state index in [1.54, 1.807) is 6.07 Å². The maximum absolute atomic E-state index is 13.6. The average molecular weight is 280 g/mol. The zero-order valence-corrected chi connectivity index (χ0v) is 10.9. The number of carbonyl (C=O) groups is 1. The number of hydrogen-bond acceptors (Lipinski definition) is 3. The zero-order chi connectivity index (χ0) is 14.0. The van der Waals surface area contributed by atoms with Crippen molar-refractivity contribution in [2.24, 2.45) is 0 Å². The molecule has 2 N–H and O–H groups in total. The molecule has 0 radical (unpaired) electrons. The second-order valence-electron chi connectivity index (χ2n) is 3.92. The Morgan fingerprint density at radius 3 is 2.84 bits per heavy atom.